The van der Waals surface area contributed by atoms with E-state index in [-0.39, 0.29) is 25.9 Å². The predicted octanol–water partition coefficient (Wildman–Crippen LogP) is -0.399. The normalized spacial score (nSPS) is 12.3. The lowest BCUT2D eigenvalue weighted by Gasteiger charge is -2.22. The van der Waals surface area contributed by atoms with Crippen molar-refractivity contribution in [3.63, 3.8) is 0 Å². The van der Waals surface area contributed by atoms with Crippen LogP contribution >= 0.6 is 0 Å². The molecule has 2 rings (SSSR count). The van der Waals surface area contributed by atoms with Gasteiger partial charge in [0, 0.05) is 12.8 Å². The van der Waals surface area contributed by atoms with Crippen LogP contribution in [0.2, 0.25) is 0 Å². The Labute approximate surface area is 180 Å². The summed E-state index contributed by atoms with van der Waals surface area (Å²) in [6.07, 6.45) is 0.251. The number of rotatable bonds is 11. The maximum atomic E-state index is 12.9. The quantitative estimate of drug-likeness (QED) is 0.330. The second kappa shape index (κ2) is 12.1. The number of amides is 3. The second-order valence-electron chi connectivity index (χ2n) is 6.88. The number of hydrogen-bond donors (Lipinski definition) is 5. The van der Waals surface area contributed by atoms with Gasteiger partial charge in [0.2, 0.25) is 17.7 Å². The lowest BCUT2D eigenvalue weighted by atomic mass is 10.0. The fourth-order valence-corrected chi connectivity index (χ4v) is 2.88. The molecule has 3 amide bonds. The largest absolute Gasteiger partial charge is 0.480 e. The van der Waals surface area contributed by atoms with Crippen molar-refractivity contribution >= 4 is 23.7 Å². The minimum absolute atomic E-state index is 0.0977. The molecule has 6 N–H and O–H groups in total. The smallest absolute Gasteiger partial charge is 0.326 e. The molecule has 0 fully saturated rings. The highest BCUT2D eigenvalue weighted by atomic mass is 16.4. The number of carbonyl (C=O) groups is 4. The standard InChI is InChI=1S/C22H26N4O5/c23-13-19(27)24-14-20(28)25-17(11-15-7-3-1-4-8-15)21(29)26-18(22(30)31)12-16-9-5-2-6-10-16/h1-10,17-18H,11-14,23H2,(H,24,27)(H,25,28)(H,26,29)(H,30,31)/t17-,18?/m0/s1. The van der Waals surface area contributed by atoms with Crippen molar-refractivity contribution in [3.05, 3.63) is 71.8 Å². The average Bonchev–Trinajstić information content (AvgIpc) is 2.77. The number of nitrogens with two attached hydrogens (primary N) is 1. The first-order valence-corrected chi connectivity index (χ1v) is 9.76. The van der Waals surface area contributed by atoms with Crippen molar-refractivity contribution < 1.29 is 24.3 Å². The molecule has 0 bridgehead atoms. The SMILES string of the molecule is NCC(=O)NCC(=O)N[C@@H](Cc1ccccc1)C(=O)NC(Cc1ccccc1)C(=O)O. The van der Waals surface area contributed by atoms with E-state index in [4.69, 9.17) is 5.73 Å². The molecule has 0 aromatic heterocycles. The molecule has 0 aliphatic heterocycles. The van der Waals surface area contributed by atoms with Gasteiger partial charge < -0.3 is 26.8 Å². The summed E-state index contributed by atoms with van der Waals surface area (Å²) in [5, 5.41) is 16.9. The van der Waals surface area contributed by atoms with Crippen molar-refractivity contribution in [3.8, 4) is 0 Å². The van der Waals surface area contributed by atoms with E-state index in [9.17, 15) is 24.3 Å². The number of carboxylic acids is 1. The van der Waals surface area contributed by atoms with Gasteiger partial charge in [-0.05, 0) is 11.1 Å². The maximum absolute atomic E-state index is 12.9. The van der Waals surface area contributed by atoms with Gasteiger partial charge in [-0.1, -0.05) is 60.7 Å². The van der Waals surface area contributed by atoms with Crippen LogP contribution in [-0.4, -0.2) is 54.0 Å². The number of nitrogens with one attached hydrogen (secondary N) is 3. The highest BCUT2D eigenvalue weighted by Crippen LogP contribution is 2.07. The number of carbonyl (C=O) groups excluding carboxylic acids is 3. The molecular formula is C22H26N4O5. The van der Waals surface area contributed by atoms with Crippen molar-refractivity contribution in [1.82, 2.24) is 16.0 Å². The number of carboxylic acid groups (broad SMARTS) is 1. The Morgan fingerprint density at radius 3 is 1.77 bits per heavy atom. The summed E-state index contributed by atoms with van der Waals surface area (Å²) < 4.78 is 0. The molecule has 2 aromatic carbocycles. The molecule has 164 valence electrons. The molecule has 0 spiro atoms. The monoisotopic (exact) mass is 426 g/mol. The van der Waals surface area contributed by atoms with Gasteiger partial charge in [0.1, 0.15) is 12.1 Å². The Morgan fingerprint density at radius 2 is 1.29 bits per heavy atom. The first kappa shape index (κ1) is 23.6. The van der Waals surface area contributed by atoms with Crippen LogP contribution in [0.3, 0.4) is 0 Å². The molecule has 0 aliphatic carbocycles. The van der Waals surface area contributed by atoms with E-state index in [2.05, 4.69) is 16.0 Å². The molecule has 9 heteroatoms. The number of aliphatic carboxylic acids is 1. The summed E-state index contributed by atoms with van der Waals surface area (Å²) in [7, 11) is 0. The summed E-state index contributed by atoms with van der Waals surface area (Å²) in [5.74, 6) is -2.91. The highest BCUT2D eigenvalue weighted by molar-refractivity contribution is 5.92. The van der Waals surface area contributed by atoms with Crippen LogP contribution in [-0.2, 0) is 32.0 Å². The molecule has 0 heterocycles. The molecule has 2 atom stereocenters. The lowest BCUT2D eigenvalue weighted by Crippen LogP contribution is -2.54. The van der Waals surface area contributed by atoms with E-state index in [1.54, 1.807) is 48.5 Å². The summed E-state index contributed by atoms with van der Waals surface area (Å²) in [6.45, 7) is -0.609. The van der Waals surface area contributed by atoms with Crippen molar-refractivity contribution in [2.24, 2.45) is 5.73 Å². The third-order valence-electron chi connectivity index (χ3n) is 4.46. The van der Waals surface area contributed by atoms with E-state index in [1.807, 2.05) is 12.1 Å². The van der Waals surface area contributed by atoms with Crippen molar-refractivity contribution in [2.45, 2.75) is 24.9 Å². The summed E-state index contributed by atoms with van der Waals surface area (Å²) in [6, 6.07) is 15.7. The third-order valence-corrected chi connectivity index (χ3v) is 4.46. The maximum Gasteiger partial charge on any atom is 0.326 e. The lowest BCUT2D eigenvalue weighted by molar-refractivity contribution is -0.142. The zero-order chi connectivity index (χ0) is 22.6. The summed E-state index contributed by atoms with van der Waals surface area (Å²) in [4.78, 5) is 48.1. The van der Waals surface area contributed by atoms with E-state index in [0.29, 0.717) is 0 Å². The van der Waals surface area contributed by atoms with Gasteiger partial charge in [-0.2, -0.15) is 0 Å². The van der Waals surface area contributed by atoms with Gasteiger partial charge in [-0.15, -0.1) is 0 Å². The van der Waals surface area contributed by atoms with Crippen LogP contribution in [0.4, 0.5) is 0 Å². The Kier molecular flexibility index (Phi) is 9.18. The van der Waals surface area contributed by atoms with Crippen LogP contribution < -0.4 is 21.7 Å². The van der Waals surface area contributed by atoms with Crippen LogP contribution in [0.1, 0.15) is 11.1 Å². The van der Waals surface area contributed by atoms with Gasteiger partial charge in [0.25, 0.3) is 0 Å². The van der Waals surface area contributed by atoms with E-state index in [1.165, 1.54) is 0 Å². The van der Waals surface area contributed by atoms with Crippen LogP contribution in [0.25, 0.3) is 0 Å². The highest BCUT2D eigenvalue weighted by Gasteiger charge is 2.27. The molecule has 0 saturated heterocycles. The number of benzene rings is 2. The Bertz CT molecular complexity index is 889. The van der Waals surface area contributed by atoms with Crippen LogP contribution in [0.15, 0.2) is 60.7 Å². The zero-order valence-corrected chi connectivity index (χ0v) is 16.9. The van der Waals surface area contributed by atoms with Crippen LogP contribution in [0.5, 0.6) is 0 Å². The Morgan fingerprint density at radius 1 is 0.774 bits per heavy atom. The molecule has 31 heavy (non-hydrogen) atoms. The minimum Gasteiger partial charge on any atom is -0.480 e. The van der Waals surface area contributed by atoms with Crippen molar-refractivity contribution in [1.29, 1.82) is 0 Å². The van der Waals surface area contributed by atoms with Crippen LogP contribution in [0, 0.1) is 0 Å². The van der Waals surface area contributed by atoms with Gasteiger partial charge >= 0.3 is 5.97 Å². The fraction of sp³-hybridized carbons (Fsp3) is 0.273. The molecule has 0 saturated carbocycles. The van der Waals surface area contributed by atoms with E-state index < -0.39 is 35.8 Å². The summed E-state index contributed by atoms with van der Waals surface area (Å²) in [5.41, 5.74) is 6.73. The second-order valence-corrected chi connectivity index (χ2v) is 6.88. The average molecular weight is 426 g/mol. The molecule has 1 unspecified atom stereocenters. The van der Waals surface area contributed by atoms with Gasteiger partial charge in [-0.3, -0.25) is 14.4 Å². The Hall–Kier alpha value is -3.72. The van der Waals surface area contributed by atoms with E-state index in [0.717, 1.165) is 11.1 Å². The topological polar surface area (TPSA) is 151 Å². The molecule has 9 nitrogen and oxygen atoms in total. The first-order valence-electron chi connectivity index (χ1n) is 9.76. The van der Waals surface area contributed by atoms with Gasteiger partial charge in [0.05, 0.1) is 13.1 Å². The third kappa shape index (κ3) is 8.27. The Balaban J connectivity index is 2.10. The first-order chi connectivity index (χ1) is 14.9. The van der Waals surface area contributed by atoms with Gasteiger partial charge in [-0.25, -0.2) is 4.79 Å². The van der Waals surface area contributed by atoms with Crippen molar-refractivity contribution in [2.75, 3.05) is 13.1 Å². The minimum atomic E-state index is -1.18. The number of hydrogen-bond acceptors (Lipinski definition) is 5. The van der Waals surface area contributed by atoms with E-state index >= 15 is 0 Å². The molecule has 2 aromatic rings. The molecule has 0 aliphatic rings. The zero-order valence-electron chi connectivity index (χ0n) is 16.9. The predicted molar refractivity (Wildman–Crippen MR) is 114 cm³/mol. The molecule has 0 radical (unpaired) electrons. The summed E-state index contributed by atoms with van der Waals surface area (Å²) >= 11 is 0. The fourth-order valence-electron chi connectivity index (χ4n) is 2.88. The van der Waals surface area contributed by atoms with Gasteiger partial charge in [0.15, 0.2) is 0 Å². The molecular weight excluding hydrogens is 400 g/mol.